The van der Waals surface area contributed by atoms with Crippen LogP contribution in [0, 0.1) is 6.92 Å². The molecule has 1 aliphatic rings. The maximum Gasteiger partial charge on any atom is 0.278 e. The fourth-order valence-electron chi connectivity index (χ4n) is 3.37. The Morgan fingerprint density at radius 2 is 1.77 bits per heavy atom. The minimum Gasteiger partial charge on any atom is -0.491 e. The summed E-state index contributed by atoms with van der Waals surface area (Å²) in [6.45, 7) is 6.68. The normalized spacial score (nSPS) is 14.1. The van der Waals surface area contributed by atoms with Crippen LogP contribution in [0.15, 0.2) is 54.2 Å². The average Bonchev–Trinajstić information content (AvgIpc) is 2.93. The Bertz CT molecular complexity index is 948. The van der Waals surface area contributed by atoms with E-state index in [1.807, 2.05) is 69.3 Å². The van der Waals surface area contributed by atoms with E-state index in [2.05, 4.69) is 5.32 Å². The van der Waals surface area contributed by atoms with Crippen LogP contribution >= 0.6 is 0 Å². The van der Waals surface area contributed by atoms with Crippen molar-refractivity contribution in [1.82, 2.24) is 4.90 Å². The van der Waals surface area contributed by atoms with Crippen LogP contribution in [-0.2, 0) is 14.3 Å². The van der Waals surface area contributed by atoms with Crippen molar-refractivity contribution < 1.29 is 19.1 Å². The number of carbonyl (C=O) groups is 2. The number of imide groups is 1. The number of ether oxygens (including phenoxy) is 2. The highest BCUT2D eigenvalue weighted by Gasteiger charge is 2.38. The van der Waals surface area contributed by atoms with E-state index >= 15 is 0 Å². The highest BCUT2D eigenvalue weighted by atomic mass is 16.5. The number of nitrogens with zero attached hydrogens (tertiary/aromatic N) is 1. The van der Waals surface area contributed by atoms with Gasteiger partial charge in [-0.3, -0.25) is 14.5 Å². The van der Waals surface area contributed by atoms with Crippen molar-refractivity contribution in [3.63, 3.8) is 0 Å². The summed E-state index contributed by atoms with van der Waals surface area (Å²) in [4.78, 5) is 27.6. The van der Waals surface area contributed by atoms with Gasteiger partial charge in [0.15, 0.2) is 0 Å². The van der Waals surface area contributed by atoms with Crippen LogP contribution in [-0.4, -0.2) is 43.1 Å². The molecule has 2 aromatic carbocycles. The fourth-order valence-corrected chi connectivity index (χ4v) is 3.37. The minimum absolute atomic E-state index is 0.0552. The van der Waals surface area contributed by atoms with Crippen molar-refractivity contribution in [2.75, 3.05) is 25.6 Å². The van der Waals surface area contributed by atoms with Gasteiger partial charge in [0.2, 0.25) is 0 Å². The highest BCUT2D eigenvalue weighted by molar-refractivity contribution is 6.36. The maximum absolute atomic E-state index is 13.2. The van der Waals surface area contributed by atoms with Gasteiger partial charge in [-0.2, -0.15) is 0 Å². The molecule has 0 unspecified atom stereocenters. The Labute approximate surface area is 177 Å². The molecular formula is C24H28N2O4. The molecule has 158 valence electrons. The van der Waals surface area contributed by atoms with E-state index in [9.17, 15) is 9.59 Å². The number of benzene rings is 2. The maximum atomic E-state index is 13.2. The van der Waals surface area contributed by atoms with Gasteiger partial charge in [-0.25, -0.2) is 0 Å². The van der Waals surface area contributed by atoms with E-state index in [4.69, 9.17) is 9.47 Å². The molecule has 3 rings (SSSR count). The molecule has 6 heteroatoms. The molecule has 30 heavy (non-hydrogen) atoms. The molecule has 0 bridgehead atoms. The Morgan fingerprint density at radius 1 is 1.03 bits per heavy atom. The molecule has 1 aliphatic heterocycles. The average molecular weight is 408 g/mol. The second-order valence-electron chi connectivity index (χ2n) is 7.54. The number of hydrogen-bond acceptors (Lipinski definition) is 5. The number of hydrogen-bond donors (Lipinski definition) is 1. The molecule has 0 spiro atoms. The van der Waals surface area contributed by atoms with Gasteiger partial charge in [0.05, 0.1) is 11.7 Å². The van der Waals surface area contributed by atoms with Gasteiger partial charge in [0.1, 0.15) is 11.4 Å². The Balaban J connectivity index is 1.96. The van der Waals surface area contributed by atoms with Crippen LogP contribution in [0.3, 0.4) is 0 Å². The first-order valence-corrected chi connectivity index (χ1v) is 10.1. The fraction of sp³-hybridized carbons (Fsp3) is 0.333. The molecule has 0 aliphatic carbocycles. The second-order valence-corrected chi connectivity index (χ2v) is 7.54. The van der Waals surface area contributed by atoms with Gasteiger partial charge < -0.3 is 14.8 Å². The Kier molecular flexibility index (Phi) is 6.90. The first-order chi connectivity index (χ1) is 14.4. The summed E-state index contributed by atoms with van der Waals surface area (Å²) in [5, 5.41) is 3.18. The lowest BCUT2D eigenvalue weighted by atomic mass is 10.0. The molecule has 1 N–H and O–H groups in total. The third-order valence-electron chi connectivity index (χ3n) is 4.70. The standard InChI is InChI=1S/C24H28N2O4/c1-16(2)30-20-11-9-18(10-12-20)21-22(25-19-8-5-7-17(3)15-19)24(28)26(23(21)27)13-6-14-29-4/h5,7-12,15-16,25H,6,13-14H2,1-4H3. The number of amides is 2. The SMILES string of the molecule is COCCCN1C(=O)C(Nc2cccc(C)c2)=C(c2ccc(OC(C)C)cc2)C1=O. The van der Waals surface area contributed by atoms with Crippen molar-refractivity contribution in [2.24, 2.45) is 0 Å². The quantitative estimate of drug-likeness (QED) is 0.502. The molecule has 1 heterocycles. The predicted molar refractivity (Wildman–Crippen MR) is 117 cm³/mol. The zero-order valence-electron chi connectivity index (χ0n) is 17.9. The first kappa shape index (κ1) is 21.6. The van der Waals surface area contributed by atoms with E-state index in [0.29, 0.717) is 36.4 Å². The van der Waals surface area contributed by atoms with Crippen LogP contribution in [0.25, 0.3) is 5.57 Å². The lowest BCUT2D eigenvalue weighted by molar-refractivity contribution is -0.136. The van der Waals surface area contributed by atoms with Crippen LogP contribution in [0.2, 0.25) is 0 Å². The zero-order valence-corrected chi connectivity index (χ0v) is 17.9. The van der Waals surface area contributed by atoms with Crippen molar-refractivity contribution in [3.8, 4) is 5.75 Å². The van der Waals surface area contributed by atoms with Gasteiger partial charge >= 0.3 is 0 Å². The van der Waals surface area contributed by atoms with Gasteiger partial charge in [0, 0.05) is 25.9 Å². The molecule has 6 nitrogen and oxygen atoms in total. The zero-order chi connectivity index (χ0) is 21.7. The summed E-state index contributed by atoms with van der Waals surface area (Å²) in [7, 11) is 1.60. The van der Waals surface area contributed by atoms with Crippen molar-refractivity contribution in [2.45, 2.75) is 33.3 Å². The predicted octanol–water partition coefficient (Wildman–Crippen LogP) is 4.01. The molecule has 0 saturated heterocycles. The van der Waals surface area contributed by atoms with Crippen molar-refractivity contribution >= 4 is 23.1 Å². The third kappa shape index (κ3) is 4.89. The van der Waals surface area contributed by atoms with Gasteiger partial charge in [-0.05, 0) is 62.6 Å². The monoisotopic (exact) mass is 408 g/mol. The van der Waals surface area contributed by atoms with Crippen LogP contribution in [0.5, 0.6) is 5.75 Å². The van der Waals surface area contributed by atoms with Crippen LogP contribution in [0.1, 0.15) is 31.4 Å². The number of anilines is 1. The lowest BCUT2D eigenvalue weighted by Gasteiger charge is -2.15. The van der Waals surface area contributed by atoms with E-state index in [1.54, 1.807) is 7.11 Å². The summed E-state index contributed by atoms with van der Waals surface area (Å²) < 4.78 is 10.8. The first-order valence-electron chi connectivity index (χ1n) is 10.1. The summed E-state index contributed by atoms with van der Waals surface area (Å²) >= 11 is 0. The Morgan fingerprint density at radius 3 is 2.40 bits per heavy atom. The molecule has 2 amide bonds. The largest absolute Gasteiger partial charge is 0.491 e. The molecule has 0 saturated carbocycles. The molecular weight excluding hydrogens is 380 g/mol. The smallest absolute Gasteiger partial charge is 0.278 e. The van der Waals surface area contributed by atoms with Gasteiger partial charge in [0.25, 0.3) is 11.8 Å². The minimum atomic E-state index is -0.324. The summed E-state index contributed by atoms with van der Waals surface area (Å²) in [5.74, 6) is 0.0927. The van der Waals surface area contributed by atoms with Gasteiger partial charge in [-0.15, -0.1) is 0 Å². The second kappa shape index (κ2) is 9.59. The highest BCUT2D eigenvalue weighted by Crippen LogP contribution is 2.31. The summed E-state index contributed by atoms with van der Waals surface area (Å²) in [6.07, 6.45) is 0.639. The van der Waals surface area contributed by atoms with Crippen LogP contribution in [0.4, 0.5) is 5.69 Å². The van der Waals surface area contributed by atoms with E-state index in [-0.39, 0.29) is 17.9 Å². The molecule has 0 aromatic heterocycles. The molecule has 0 atom stereocenters. The molecule has 0 radical (unpaired) electrons. The number of nitrogens with one attached hydrogen (secondary N) is 1. The van der Waals surface area contributed by atoms with E-state index in [0.717, 1.165) is 17.0 Å². The lowest BCUT2D eigenvalue weighted by Crippen LogP contribution is -2.33. The van der Waals surface area contributed by atoms with Crippen LogP contribution < -0.4 is 10.1 Å². The topological polar surface area (TPSA) is 67.9 Å². The van der Waals surface area contributed by atoms with Crippen molar-refractivity contribution in [1.29, 1.82) is 0 Å². The Hall–Kier alpha value is -3.12. The molecule has 2 aromatic rings. The van der Waals surface area contributed by atoms with Gasteiger partial charge in [-0.1, -0.05) is 24.3 Å². The number of carbonyl (C=O) groups excluding carboxylic acids is 2. The summed E-state index contributed by atoms with van der Waals surface area (Å²) in [5.41, 5.74) is 3.16. The third-order valence-corrected chi connectivity index (χ3v) is 4.70. The number of rotatable bonds is 9. The van der Waals surface area contributed by atoms with Crippen molar-refractivity contribution in [3.05, 3.63) is 65.4 Å². The number of methoxy groups -OCH3 is 1. The van der Waals surface area contributed by atoms with E-state index in [1.165, 1.54) is 4.90 Å². The van der Waals surface area contributed by atoms with E-state index < -0.39 is 0 Å². The summed E-state index contributed by atoms with van der Waals surface area (Å²) in [6, 6.07) is 15.0. The molecule has 0 fully saturated rings. The number of aryl methyl sites for hydroxylation is 1.